The van der Waals surface area contributed by atoms with Crippen LogP contribution in [0.4, 0.5) is 16.4 Å². The average molecular weight is 399 g/mol. The predicted octanol–water partition coefficient (Wildman–Crippen LogP) is 3.42. The number of amides is 3. The molecule has 0 bridgehead atoms. The van der Waals surface area contributed by atoms with Crippen molar-refractivity contribution in [2.45, 2.75) is 0 Å². The molecule has 3 amide bonds. The van der Waals surface area contributed by atoms with Crippen LogP contribution in [-0.4, -0.2) is 33.4 Å². The van der Waals surface area contributed by atoms with Crippen molar-refractivity contribution in [1.29, 1.82) is 0 Å². The Bertz CT molecular complexity index is 996. The summed E-state index contributed by atoms with van der Waals surface area (Å²) >= 11 is 0.704. The number of nitrogens with zero attached hydrogens (tertiary/aromatic N) is 2. The first-order chi connectivity index (χ1) is 13.4. The summed E-state index contributed by atoms with van der Waals surface area (Å²) in [5, 5.41) is 12.6. The fourth-order valence-electron chi connectivity index (χ4n) is 2.28. The molecular weight excluding hydrogens is 386 g/mol. The summed E-state index contributed by atoms with van der Waals surface area (Å²) in [6.45, 7) is -0.398. The molecule has 28 heavy (non-hydrogen) atoms. The second-order valence-electron chi connectivity index (χ2n) is 5.50. The molecule has 0 spiro atoms. The number of carbonyl (C=O) groups excluding carboxylic acids is 3. The zero-order chi connectivity index (χ0) is 20.1. The van der Waals surface area contributed by atoms with E-state index in [1.54, 1.807) is 30.3 Å². The summed E-state index contributed by atoms with van der Waals surface area (Å²) in [7, 11) is 0. The van der Waals surface area contributed by atoms with Crippen molar-refractivity contribution in [3.05, 3.63) is 75.4 Å². The molecule has 0 atom stereocenters. The van der Waals surface area contributed by atoms with E-state index in [4.69, 9.17) is 4.42 Å². The van der Waals surface area contributed by atoms with Crippen molar-refractivity contribution >= 4 is 46.5 Å². The zero-order valence-corrected chi connectivity index (χ0v) is 15.0. The van der Waals surface area contributed by atoms with Crippen LogP contribution in [0.25, 0.3) is 6.08 Å². The van der Waals surface area contributed by atoms with Crippen LogP contribution in [0.3, 0.4) is 0 Å². The minimum absolute atomic E-state index is 0.134. The summed E-state index contributed by atoms with van der Waals surface area (Å²) in [4.78, 5) is 47.3. The topological polar surface area (TPSA) is 123 Å². The van der Waals surface area contributed by atoms with Gasteiger partial charge < -0.3 is 9.73 Å². The first kappa shape index (κ1) is 19.1. The van der Waals surface area contributed by atoms with Gasteiger partial charge in [0.05, 0.1) is 11.0 Å². The third kappa shape index (κ3) is 4.54. The number of nitrogens with one attached hydrogen (secondary N) is 1. The maximum atomic E-state index is 12.3. The van der Waals surface area contributed by atoms with E-state index in [-0.39, 0.29) is 10.7 Å². The van der Waals surface area contributed by atoms with Gasteiger partial charge in [-0.15, -0.1) is 0 Å². The standard InChI is InChI=1S/C18H13N3O6S/c22-15(19-12-5-2-1-3-6-12)11-20-17(23)14(28-18(20)24)8-4-7-13-9-10-16(27-13)21(25)26/h1-10H,11H2,(H,19,22)/b7-4+,14-8-. The summed E-state index contributed by atoms with van der Waals surface area (Å²) in [6, 6.07) is 11.3. The first-order valence-electron chi connectivity index (χ1n) is 7.95. The predicted molar refractivity (Wildman–Crippen MR) is 102 cm³/mol. The number of allylic oxidation sites excluding steroid dienone is 2. The largest absolute Gasteiger partial charge is 0.433 e. The number of benzene rings is 1. The van der Waals surface area contributed by atoms with Gasteiger partial charge in [0, 0.05) is 5.69 Å². The van der Waals surface area contributed by atoms with Crippen molar-refractivity contribution in [3.8, 4) is 0 Å². The Morgan fingerprint density at radius 2 is 1.96 bits per heavy atom. The highest BCUT2D eigenvalue weighted by Gasteiger charge is 2.35. The Hall–Kier alpha value is -3.66. The molecule has 2 heterocycles. The van der Waals surface area contributed by atoms with Gasteiger partial charge in [0.1, 0.15) is 17.2 Å². The number of para-hydroxylation sites is 1. The van der Waals surface area contributed by atoms with Crippen LogP contribution < -0.4 is 5.32 Å². The lowest BCUT2D eigenvalue weighted by molar-refractivity contribution is -0.402. The van der Waals surface area contributed by atoms with Crippen molar-refractivity contribution < 1.29 is 23.7 Å². The highest BCUT2D eigenvalue weighted by molar-refractivity contribution is 8.18. The molecule has 1 saturated heterocycles. The Kier molecular flexibility index (Phi) is 5.70. The molecule has 0 unspecified atom stereocenters. The van der Waals surface area contributed by atoms with Crippen LogP contribution >= 0.6 is 11.8 Å². The number of rotatable bonds is 6. The van der Waals surface area contributed by atoms with E-state index >= 15 is 0 Å². The second-order valence-corrected chi connectivity index (χ2v) is 6.49. The molecule has 0 radical (unpaired) electrons. The number of carbonyl (C=O) groups is 3. The molecule has 1 aliphatic rings. The van der Waals surface area contributed by atoms with Crippen LogP contribution in [0, 0.1) is 10.1 Å². The van der Waals surface area contributed by atoms with Gasteiger partial charge in [-0.05, 0) is 42.1 Å². The molecule has 1 aromatic carbocycles. The van der Waals surface area contributed by atoms with Crippen LogP contribution in [0.2, 0.25) is 0 Å². The highest BCUT2D eigenvalue weighted by atomic mass is 32.2. The Balaban J connectivity index is 1.62. The zero-order valence-electron chi connectivity index (χ0n) is 14.2. The molecule has 1 aliphatic heterocycles. The molecule has 142 valence electrons. The molecular formula is C18H13N3O6S. The molecule has 2 aromatic rings. The van der Waals surface area contributed by atoms with E-state index in [1.807, 2.05) is 0 Å². The van der Waals surface area contributed by atoms with Gasteiger partial charge in [0.15, 0.2) is 0 Å². The molecule has 1 fully saturated rings. The van der Waals surface area contributed by atoms with Crippen molar-refractivity contribution in [2.75, 3.05) is 11.9 Å². The van der Waals surface area contributed by atoms with Gasteiger partial charge in [0.25, 0.3) is 11.1 Å². The minimum atomic E-state index is -0.664. The lowest BCUT2D eigenvalue weighted by atomic mass is 10.3. The summed E-state index contributed by atoms with van der Waals surface area (Å²) in [5.41, 5.74) is 0.561. The van der Waals surface area contributed by atoms with Gasteiger partial charge >= 0.3 is 5.88 Å². The highest BCUT2D eigenvalue weighted by Crippen LogP contribution is 2.30. The van der Waals surface area contributed by atoms with Crippen LogP contribution in [0.5, 0.6) is 0 Å². The third-order valence-corrected chi connectivity index (χ3v) is 4.46. The molecule has 10 heteroatoms. The van der Waals surface area contributed by atoms with Crippen LogP contribution in [0.1, 0.15) is 5.76 Å². The van der Waals surface area contributed by atoms with Crippen molar-refractivity contribution in [3.63, 3.8) is 0 Å². The van der Waals surface area contributed by atoms with Gasteiger partial charge in [-0.2, -0.15) is 0 Å². The SMILES string of the molecule is O=C(CN1C(=O)S/C(=C\C=C\c2ccc([N+](=O)[O-])o2)C1=O)Nc1ccccc1. The monoisotopic (exact) mass is 399 g/mol. The third-order valence-electron chi connectivity index (χ3n) is 3.53. The quantitative estimate of drug-likeness (QED) is 0.448. The summed E-state index contributed by atoms with van der Waals surface area (Å²) in [5.74, 6) is -1.25. The van der Waals surface area contributed by atoms with Crippen LogP contribution in [-0.2, 0) is 9.59 Å². The number of hydrogen-bond acceptors (Lipinski definition) is 7. The number of hydrogen-bond donors (Lipinski definition) is 1. The Morgan fingerprint density at radius 3 is 2.64 bits per heavy atom. The van der Waals surface area contributed by atoms with Crippen molar-refractivity contribution in [1.82, 2.24) is 4.90 Å². The van der Waals surface area contributed by atoms with Gasteiger partial charge in [0.2, 0.25) is 5.91 Å². The van der Waals surface area contributed by atoms with E-state index in [0.29, 0.717) is 17.4 Å². The smallest absolute Gasteiger partial charge is 0.401 e. The fourth-order valence-corrected chi connectivity index (χ4v) is 3.07. The van der Waals surface area contributed by atoms with Crippen molar-refractivity contribution in [2.24, 2.45) is 0 Å². The number of imide groups is 1. The molecule has 0 saturated carbocycles. The van der Waals surface area contributed by atoms with E-state index in [0.717, 1.165) is 4.90 Å². The van der Waals surface area contributed by atoms with Gasteiger partial charge in [-0.1, -0.05) is 24.3 Å². The first-order valence-corrected chi connectivity index (χ1v) is 8.77. The molecule has 1 N–H and O–H groups in total. The Morgan fingerprint density at radius 1 is 1.21 bits per heavy atom. The van der Waals surface area contributed by atoms with Gasteiger partial charge in [-0.3, -0.25) is 29.4 Å². The summed E-state index contributed by atoms with van der Waals surface area (Å²) in [6.07, 6.45) is 4.24. The number of anilines is 1. The second kappa shape index (κ2) is 8.35. The van der Waals surface area contributed by atoms with E-state index < -0.39 is 34.4 Å². The van der Waals surface area contributed by atoms with E-state index in [9.17, 15) is 24.5 Å². The number of nitro groups is 1. The molecule has 0 aliphatic carbocycles. The fraction of sp³-hybridized carbons (Fsp3) is 0.0556. The number of thioether (sulfide) groups is 1. The van der Waals surface area contributed by atoms with Gasteiger partial charge in [-0.25, -0.2) is 0 Å². The average Bonchev–Trinajstić information content (AvgIpc) is 3.23. The van der Waals surface area contributed by atoms with E-state index in [1.165, 1.54) is 30.4 Å². The molecule has 1 aromatic heterocycles. The van der Waals surface area contributed by atoms with E-state index in [2.05, 4.69) is 5.32 Å². The van der Waals surface area contributed by atoms with Crippen LogP contribution in [0.15, 0.2) is 63.9 Å². The lowest BCUT2D eigenvalue weighted by Crippen LogP contribution is -2.36. The number of furan rings is 1. The summed E-state index contributed by atoms with van der Waals surface area (Å²) < 4.78 is 4.95. The Labute approximate surface area is 162 Å². The normalized spacial score (nSPS) is 15.6. The molecule has 3 rings (SSSR count). The molecule has 9 nitrogen and oxygen atoms in total. The maximum absolute atomic E-state index is 12.3. The lowest BCUT2D eigenvalue weighted by Gasteiger charge is -2.12. The maximum Gasteiger partial charge on any atom is 0.433 e. The minimum Gasteiger partial charge on any atom is -0.401 e.